The van der Waals surface area contributed by atoms with Gasteiger partial charge in [-0.2, -0.15) is 0 Å². The van der Waals surface area contributed by atoms with Crippen molar-refractivity contribution in [1.82, 2.24) is 9.62 Å². The van der Waals surface area contributed by atoms with Crippen LogP contribution >= 0.6 is 22.9 Å². The van der Waals surface area contributed by atoms with Gasteiger partial charge in [-0.1, -0.05) is 41.9 Å². The molecule has 2 amide bonds. The maximum atomic E-state index is 15.0. The molecule has 194 valence electrons. The quantitative estimate of drug-likeness (QED) is 0.401. The van der Waals surface area contributed by atoms with Gasteiger partial charge in [0, 0.05) is 30.6 Å². The second kappa shape index (κ2) is 11.5. The van der Waals surface area contributed by atoms with Crippen molar-refractivity contribution in [2.45, 2.75) is 12.8 Å². The molecule has 1 N–H and O–H groups in total. The number of thiophene rings is 1. The number of rotatable bonds is 10. The van der Waals surface area contributed by atoms with E-state index in [0.29, 0.717) is 17.3 Å². The van der Waals surface area contributed by atoms with Crippen molar-refractivity contribution in [1.29, 1.82) is 0 Å². The van der Waals surface area contributed by atoms with E-state index in [4.69, 9.17) is 11.6 Å². The zero-order chi connectivity index (χ0) is 26.6. The normalized spacial score (nSPS) is 13.5. The molecule has 7 nitrogen and oxygen atoms in total. The van der Waals surface area contributed by atoms with Crippen LogP contribution in [0, 0.1) is 5.82 Å². The van der Waals surface area contributed by atoms with E-state index in [1.54, 1.807) is 19.2 Å². The van der Waals surface area contributed by atoms with Crippen LogP contribution in [0.5, 0.6) is 0 Å². The number of aryl methyl sites for hydroxylation is 1. The van der Waals surface area contributed by atoms with Crippen LogP contribution in [0.3, 0.4) is 0 Å². The van der Waals surface area contributed by atoms with Gasteiger partial charge >= 0.3 is 0 Å². The van der Waals surface area contributed by atoms with E-state index in [1.807, 2.05) is 30.3 Å². The number of hydrogen-bond donors (Lipinski definition) is 1. The predicted molar refractivity (Wildman–Crippen MR) is 144 cm³/mol. The van der Waals surface area contributed by atoms with Gasteiger partial charge in [0.25, 0.3) is 11.8 Å². The van der Waals surface area contributed by atoms with Gasteiger partial charge in [0.05, 0.1) is 15.8 Å². The lowest BCUT2D eigenvalue weighted by molar-refractivity contribution is -0.114. The zero-order valence-electron chi connectivity index (χ0n) is 20.0. The van der Waals surface area contributed by atoms with Crippen LogP contribution in [0.1, 0.15) is 20.8 Å². The lowest BCUT2D eigenvalue weighted by Gasteiger charge is -2.20. The van der Waals surface area contributed by atoms with E-state index in [0.717, 1.165) is 21.4 Å². The summed E-state index contributed by atoms with van der Waals surface area (Å²) in [7, 11) is -2.15. The summed E-state index contributed by atoms with van der Waals surface area (Å²) in [5, 5.41) is 0. The second-order valence-corrected chi connectivity index (χ2v) is 12.2. The van der Waals surface area contributed by atoms with Crippen molar-refractivity contribution in [3.63, 3.8) is 0 Å². The summed E-state index contributed by atoms with van der Waals surface area (Å²) >= 11 is 7.17. The molecule has 2 heterocycles. The predicted octanol–water partition coefficient (Wildman–Crippen LogP) is 4.25. The van der Waals surface area contributed by atoms with Crippen LogP contribution in [-0.2, 0) is 27.7 Å². The second-order valence-electron chi connectivity index (χ2n) is 8.54. The third kappa shape index (κ3) is 6.76. The van der Waals surface area contributed by atoms with Gasteiger partial charge in [0.2, 0.25) is 10.0 Å². The minimum Gasteiger partial charge on any atom is -0.341 e. The number of hydrogen-bond acceptors (Lipinski definition) is 5. The van der Waals surface area contributed by atoms with Gasteiger partial charge in [-0.25, -0.2) is 12.8 Å². The van der Waals surface area contributed by atoms with E-state index >= 15 is 0 Å². The number of carbonyl (C=O) groups is 2. The van der Waals surface area contributed by atoms with Crippen molar-refractivity contribution in [3.05, 3.63) is 98.6 Å². The number of anilines is 1. The Balaban J connectivity index is 1.36. The Morgan fingerprint density at radius 1 is 1.14 bits per heavy atom. The average molecular weight is 562 g/mol. The fourth-order valence-corrected chi connectivity index (χ4v) is 6.17. The Kier molecular flexibility index (Phi) is 8.31. The smallest absolute Gasteiger partial charge is 0.275 e. The molecular weight excluding hydrogens is 537 g/mol. The lowest BCUT2D eigenvalue weighted by Crippen LogP contribution is -2.35. The summed E-state index contributed by atoms with van der Waals surface area (Å²) in [5.74, 6) is -1.98. The number of nitrogens with zero attached hydrogens (tertiary/aromatic N) is 2. The van der Waals surface area contributed by atoms with Crippen LogP contribution in [0.25, 0.3) is 0 Å². The SMILES string of the molecule is CN(CCc1ccccc1)C(=O)c1ccc(N2CC=C(NS(=O)(=O)CCc3ccc(Cl)s3)C2=O)c(F)c1. The molecule has 0 aliphatic carbocycles. The van der Waals surface area contributed by atoms with Crippen molar-refractivity contribution in [2.75, 3.05) is 30.8 Å². The Bertz CT molecular complexity index is 1440. The number of sulfonamides is 1. The van der Waals surface area contributed by atoms with Crippen molar-refractivity contribution in [3.8, 4) is 0 Å². The molecule has 0 radical (unpaired) electrons. The molecule has 1 aromatic heterocycles. The molecule has 0 atom stereocenters. The monoisotopic (exact) mass is 561 g/mol. The maximum Gasteiger partial charge on any atom is 0.275 e. The zero-order valence-corrected chi connectivity index (χ0v) is 22.4. The van der Waals surface area contributed by atoms with Crippen LogP contribution in [-0.4, -0.2) is 51.0 Å². The Morgan fingerprint density at radius 3 is 2.57 bits per heavy atom. The van der Waals surface area contributed by atoms with Crippen molar-refractivity contribution in [2.24, 2.45) is 0 Å². The van der Waals surface area contributed by atoms with Crippen LogP contribution < -0.4 is 9.62 Å². The number of halogens is 2. The number of benzene rings is 2. The van der Waals surface area contributed by atoms with E-state index < -0.39 is 21.7 Å². The fraction of sp³-hybridized carbons (Fsp3) is 0.231. The highest BCUT2D eigenvalue weighted by molar-refractivity contribution is 7.89. The van der Waals surface area contributed by atoms with Gasteiger partial charge < -0.3 is 9.80 Å². The molecule has 0 saturated heterocycles. The fourth-order valence-electron chi connectivity index (χ4n) is 3.85. The lowest BCUT2D eigenvalue weighted by atomic mass is 10.1. The van der Waals surface area contributed by atoms with Gasteiger partial charge in [0.15, 0.2) is 0 Å². The van der Waals surface area contributed by atoms with Crippen LogP contribution in [0.15, 0.2) is 72.4 Å². The first-order valence-electron chi connectivity index (χ1n) is 11.5. The Labute approximate surface area is 224 Å². The van der Waals surface area contributed by atoms with E-state index in [2.05, 4.69) is 4.72 Å². The first-order valence-corrected chi connectivity index (χ1v) is 14.3. The van der Waals surface area contributed by atoms with E-state index in [1.165, 1.54) is 34.4 Å². The highest BCUT2D eigenvalue weighted by atomic mass is 35.5. The third-order valence-electron chi connectivity index (χ3n) is 5.88. The molecule has 1 aliphatic heterocycles. The molecule has 11 heteroatoms. The number of nitrogens with one attached hydrogen (secondary N) is 1. The molecule has 37 heavy (non-hydrogen) atoms. The summed E-state index contributed by atoms with van der Waals surface area (Å²) in [6, 6.07) is 17.1. The minimum absolute atomic E-state index is 0.00158. The molecule has 0 fully saturated rings. The molecule has 4 rings (SSSR count). The van der Waals surface area contributed by atoms with Crippen molar-refractivity contribution < 1.29 is 22.4 Å². The molecule has 0 bridgehead atoms. The molecule has 1 aliphatic rings. The summed E-state index contributed by atoms with van der Waals surface area (Å²) in [4.78, 5) is 29.1. The highest BCUT2D eigenvalue weighted by Gasteiger charge is 2.30. The largest absolute Gasteiger partial charge is 0.341 e. The third-order valence-corrected chi connectivity index (χ3v) is 8.44. The summed E-state index contributed by atoms with van der Waals surface area (Å²) in [6.07, 6.45) is 2.32. The van der Waals surface area contributed by atoms with Crippen molar-refractivity contribution >= 4 is 50.5 Å². The molecular formula is C26H25ClFN3O4S2. The Morgan fingerprint density at radius 2 is 1.89 bits per heavy atom. The molecule has 3 aromatic rings. The molecule has 0 unspecified atom stereocenters. The van der Waals surface area contributed by atoms with Gasteiger partial charge in [0.1, 0.15) is 11.5 Å². The molecule has 0 saturated carbocycles. The minimum atomic E-state index is -3.80. The summed E-state index contributed by atoms with van der Waals surface area (Å²) in [6.45, 7) is 0.461. The Hall–Kier alpha value is -3.21. The topological polar surface area (TPSA) is 86.8 Å². The first-order chi connectivity index (χ1) is 17.6. The van der Waals surface area contributed by atoms with E-state index in [9.17, 15) is 22.4 Å². The standard InChI is InChI=1S/C26H25ClFN3O4S2/c1-30(14-11-18-5-3-2-4-6-18)25(32)19-7-9-23(21(28)17-19)31-15-12-22(26(31)33)29-37(34,35)16-13-20-8-10-24(27)36-20/h2-10,12,17,29H,11,13-16H2,1H3. The van der Waals surface area contributed by atoms with Gasteiger partial charge in [-0.3, -0.25) is 14.3 Å². The van der Waals surface area contributed by atoms with Crippen LogP contribution in [0.4, 0.5) is 10.1 Å². The number of amides is 2. The molecule has 2 aromatic carbocycles. The van der Waals surface area contributed by atoms with Crippen LogP contribution in [0.2, 0.25) is 4.34 Å². The van der Waals surface area contributed by atoms with E-state index in [-0.39, 0.29) is 41.6 Å². The molecule has 0 spiro atoms. The van der Waals surface area contributed by atoms with Gasteiger partial charge in [-0.05, 0) is 54.8 Å². The number of carbonyl (C=O) groups excluding carboxylic acids is 2. The summed E-state index contributed by atoms with van der Waals surface area (Å²) in [5.41, 5.74) is 1.08. The number of likely N-dealkylation sites (N-methyl/N-ethyl adjacent to an activating group) is 1. The highest BCUT2D eigenvalue weighted by Crippen LogP contribution is 2.26. The summed E-state index contributed by atoms with van der Waals surface area (Å²) < 4.78 is 42.8. The maximum absolute atomic E-state index is 15.0. The van der Waals surface area contributed by atoms with Gasteiger partial charge in [-0.15, -0.1) is 11.3 Å². The average Bonchev–Trinajstić information content (AvgIpc) is 3.46. The first kappa shape index (κ1) is 26.8.